The summed E-state index contributed by atoms with van der Waals surface area (Å²) >= 11 is 4.59. The van der Waals surface area contributed by atoms with Gasteiger partial charge in [-0.2, -0.15) is 16.1 Å². The molecule has 0 aliphatic carbocycles. The van der Waals surface area contributed by atoms with Gasteiger partial charge in [0.05, 0.1) is 0 Å². The minimum absolute atomic E-state index is 0.0876. The average molecular weight is 372 g/mol. The molecule has 1 saturated heterocycles. The van der Waals surface area contributed by atoms with Crippen molar-refractivity contribution in [3.63, 3.8) is 0 Å². The first-order chi connectivity index (χ1) is 8.84. The van der Waals surface area contributed by atoms with Gasteiger partial charge in [-0.15, -0.1) is 0 Å². The lowest BCUT2D eigenvalue weighted by atomic mass is 10.3. The summed E-state index contributed by atoms with van der Waals surface area (Å²) < 4.78 is 53.0. The van der Waals surface area contributed by atoms with Crippen molar-refractivity contribution in [2.45, 2.75) is 17.9 Å². The van der Waals surface area contributed by atoms with Crippen molar-refractivity contribution in [2.24, 2.45) is 0 Å². The highest BCUT2D eigenvalue weighted by Crippen LogP contribution is 2.31. The zero-order valence-corrected chi connectivity index (χ0v) is 13.3. The third kappa shape index (κ3) is 2.96. The predicted octanol–water partition coefficient (Wildman–Crippen LogP) is 2.85. The first kappa shape index (κ1) is 15.2. The standard InChI is InChI=1S/C11H12BrF2NO2S2/c1-7-6-18-3-2-15(7)19(16,17)11-9(12)4-8(13)5-10(11)14/h4-5,7H,2-3,6H2,1H3. The van der Waals surface area contributed by atoms with Crippen molar-refractivity contribution in [3.05, 3.63) is 28.2 Å². The molecular formula is C11H12BrF2NO2S2. The number of halogens is 3. The van der Waals surface area contributed by atoms with Crippen molar-refractivity contribution in [3.8, 4) is 0 Å². The molecule has 0 bridgehead atoms. The third-order valence-electron chi connectivity index (χ3n) is 2.84. The molecular weight excluding hydrogens is 360 g/mol. The zero-order valence-electron chi connectivity index (χ0n) is 10.1. The van der Waals surface area contributed by atoms with Gasteiger partial charge in [0.15, 0.2) is 0 Å². The van der Waals surface area contributed by atoms with Crippen LogP contribution < -0.4 is 0 Å². The summed E-state index contributed by atoms with van der Waals surface area (Å²) in [6.45, 7) is 2.11. The maximum absolute atomic E-state index is 13.8. The SMILES string of the molecule is CC1CSCCN1S(=O)(=O)c1c(F)cc(F)cc1Br. The molecule has 0 N–H and O–H groups in total. The Hall–Kier alpha value is -0.180. The Morgan fingerprint density at radius 2 is 2.11 bits per heavy atom. The zero-order chi connectivity index (χ0) is 14.2. The lowest BCUT2D eigenvalue weighted by molar-refractivity contribution is 0.365. The quantitative estimate of drug-likeness (QED) is 0.801. The molecule has 1 atom stereocenters. The maximum atomic E-state index is 13.8. The molecule has 19 heavy (non-hydrogen) atoms. The number of hydrogen-bond donors (Lipinski definition) is 0. The van der Waals surface area contributed by atoms with E-state index in [-0.39, 0.29) is 10.5 Å². The Morgan fingerprint density at radius 1 is 1.42 bits per heavy atom. The van der Waals surface area contributed by atoms with E-state index in [1.54, 1.807) is 18.7 Å². The van der Waals surface area contributed by atoms with E-state index in [1.165, 1.54) is 4.31 Å². The van der Waals surface area contributed by atoms with Crippen molar-refractivity contribution in [1.82, 2.24) is 4.31 Å². The van der Waals surface area contributed by atoms with Crippen LogP contribution in [0.5, 0.6) is 0 Å². The molecule has 1 fully saturated rings. The Kier molecular flexibility index (Phi) is 4.54. The molecule has 0 amide bonds. The van der Waals surface area contributed by atoms with Gasteiger partial charge < -0.3 is 0 Å². The van der Waals surface area contributed by atoms with E-state index in [9.17, 15) is 17.2 Å². The fourth-order valence-corrected chi connectivity index (χ4v) is 5.93. The van der Waals surface area contributed by atoms with Gasteiger partial charge in [-0.3, -0.25) is 0 Å². The largest absolute Gasteiger partial charge is 0.247 e. The number of rotatable bonds is 2. The second-order valence-electron chi connectivity index (χ2n) is 4.24. The number of hydrogen-bond acceptors (Lipinski definition) is 3. The molecule has 1 aliphatic heterocycles. The molecule has 106 valence electrons. The lowest BCUT2D eigenvalue weighted by Gasteiger charge is -2.32. The van der Waals surface area contributed by atoms with Crippen LogP contribution in [0.2, 0.25) is 0 Å². The van der Waals surface area contributed by atoms with E-state index in [0.717, 1.165) is 6.07 Å². The number of thioether (sulfide) groups is 1. The van der Waals surface area contributed by atoms with Crippen LogP contribution in [-0.2, 0) is 10.0 Å². The monoisotopic (exact) mass is 371 g/mol. The van der Waals surface area contributed by atoms with E-state index in [1.807, 2.05) is 0 Å². The van der Waals surface area contributed by atoms with Crippen molar-refractivity contribution >= 4 is 37.7 Å². The minimum Gasteiger partial charge on any atom is -0.207 e. The fourth-order valence-electron chi connectivity index (χ4n) is 1.96. The van der Waals surface area contributed by atoms with Crippen LogP contribution >= 0.6 is 27.7 Å². The van der Waals surface area contributed by atoms with Gasteiger partial charge in [0.2, 0.25) is 10.0 Å². The second kappa shape index (κ2) is 5.67. The first-order valence-electron chi connectivity index (χ1n) is 5.58. The van der Waals surface area contributed by atoms with Gasteiger partial charge in [-0.25, -0.2) is 17.2 Å². The van der Waals surface area contributed by atoms with Gasteiger partial charge in [0.25, 0.3) is 0 Å². The second-order valence-corrected chi connectivity index (χ2v) is 8.07. The van der Waals surface area contributed by atoms with Crippen LogP contribution in [-0.4, -0.2) is 36.8 Å². The van der Waals surface area contributed by atoms with Gasteiger partial charge in [-0.1, -0.05) is 0 Å². The van der Waals surface area contributed by atoms with Gasteiger partial charge in [0.1, 0.15) is 16.5 Å². The van der Waals surface area contributed by atoms with Gasteiger partial charge in [0, 0.05) is 34.6 Å². The van der Waals surface area contributed by atoms with Crippen LogP contribution in [0, 0.1) is 11.6 Å². The summed E-state index contributed by atoms with van der Waals surface area (Å²) in [5, 5.41) is 0. The first-order valence-corrected chi connectivity index (χ1v) is 8.97. The number of sulfonamides is 1. The van der Waals surface area contributed by atoms with Crippen LogP contribution in [0.25, 0.3) is 0 Å². The van der Waals surface area contributed by atoms with Crippen molar-refractivity contribution in [1.29, 1.82) is 0 Å². The van der Waals surface area contributed by atoms with Crippen molar-refractivity contribution in [2.75, 3.05) is 18.1 Å². The number of benzene rings is 1. The number of nitrogens with zero attached hydrogens (tertiary/aromatic N) is 1. The van der Waals surface area contributed by atoms with Crippen molar-refractivity contribution < 1.29 is 17.2 Å². The van der Waals surface area contributed by atoms with Crippen LogP contribution in [0.15, 0.2) is 21.5 Å². The van der Waals surface area contributed by atoms with E-state index in [0.29, 0.717) is 24.1 Å². The lowest BCUT2D eigenvalue weighted by Crippen LogP contribution is -2.44. The maximum Gasteiger partial charge on any atom is 0.247 e. The summed E-state index contributed by atoms with van der Waals surface area (Å²) in [5.74, 6) is -0.549. The molecule has 1 aromatic carbocycles. The van der Waals surface area contributed by atoms with Crippen LogP contribution in [0.4, 0.5) is 8.78 Å². The van der Waals surface area contributed by atoms with E-state index >= 15 is 0 Å². The molecule has 0 spiro atoms. The molecule has 0 saturated carbocycles. The Balaban J connectivity index is 2.50. The Labute approximate surface area is 123 Å². The van der Waals surface area contributed by atoms with E-state index in [4.69, 9.17) is 0 Å². The molecule has 0 radical (unpaired) electrons. The van der Waals surface area contributed by atoms with E-state index in [2.05, 4.69) is 15.9 Å². The summed E-state index contributed by atoms with van der Waals surface area (Å²) in [6, 6.07) is 1.33. The smallest absolute Gasteiger partial charge is 0.207 e. The molecule has 1 unspecified atom stereocenters. The van der Waals surface area contributed by atoms with E-state index < -0.39 is 26.6 Å². The highest BCUT2D eigenvalue weighted by molar-refractivity contribution is 9.10. The molecule has 8 heteroatoms. The summed E-state index contributed by atoms with van der Waals surface area (Å²) in [5.41, 5.74) is 0. The van der Waals surface area contributed by atoms with Crippen LogP contribution in [0.3, 0.4) is 0 Å². The molecule has 0 aromatic heterocycles. The third-order valence-corrected chi connectivity index (χ3v) is 7.00. The Morgan fingerprint density at radius 3 is 2.68 bits per heavy atom. The molecule has 3 nitrogen and oxygen atoms in total. The fraction of sp³-hybridized carbons (Fsp3) is 0.455. The molecule has 2 rings (SSSR count). The van der Waals surface area contributed by atoms with Gasteiger partial charge >= 0.3 is 0 Å². The topological polar surface area (TPSA) is 37.4 Å². The highest BCUT2D eigenvalue weighted by Gasteiger charge is 2.34. The van der Waals surface area contributed by atoms with Crippen LogP contribution in [0.1, 0.15) is 6.92 Å². The molecule has 1 aliphatic rings. The summed E-state index contributed by atoms with van der Waals surface area (Å²) in [6.07, 6.45) is 0. The molecule has 1 aromatic rings. The average Bonchev–Trinajstić information content (AvgIpc) is 2.27. The minimum atomic E-state index is -3.96. The normalized spacial score (nSPS) is 21.6. The predicted molar refractivity (Wildman–Crippen MR) is 74.7 cm³/mol. The molecule has 1 heterocycles. The summed E-state index contributed by atoms with van der Waals surface area (Å²) in [7, 11) is -3.96. The highest BCUT2D eigenvalue weighted by atomic mass is 79.9. The van der Waals surface area contributed by atoms with Gasteiger partial charge in [-0.05, 0) is 28.9 Å². The summed E-state index contributed by atoms with van der Waals surface area (Å²) in [4.78, 5) is -0.493. The Bertz CT molecular complexity index is 571.